The zero-order valence-corrected chi connectivity index (χ0v) is 14.5. The summed E-state index contributed by atoms with van der Waals surface area (Å²) in [7, 11) is 0. The molecule has 0 unspecified atom stereocenters. The number of benzene rings is 2. The molecule has 0 bridgehead atoms. The number of carbonyl (C=O) groups excluding carboxylic acids is 1. The molecule has 3 aromatic rings. The fraction of sp³-hybridized carbons (Fsp3) is 0.0625. The Morgan fingerprint density at radius 2 is 2.08 bits per heavy atom. The van der Waals surface area contributed by atoms with E-state index >= 15 is 0 Å². The zero-order chi connectivity index (χ0) is 16.9. The van der Waals surface area contributed by atoms with Crippen molar-refractivity contribution in [2.24, 2.45) is 5.10 Å². The number of nitrogens with zero attached hydrogens (tertiary/aromatic N) is 2. The molecule has 0 saturated carbocycles. The molecule has 8 heteroatoms. The van der Waals surface area contributed by atoms with Crippen LogP contribution in [0, 0.1) is 0 Å². The lowest BCUT2D eigenvalue weighted by atomic mass is 10.2. The summed E-state index contributed by atoms with van der Waals surface area (Å²) in [5.41, 5.74) is 4.49. The largest absolute Gasteiger partial charge is 0.431 e. The van der Waals surface area contributed by atoms with E-state index in [0.717, 1.165) is 5.52 Å². The van der Waals surface area contributed by atoms with E-state index in [-0.39, 0.29) is 11.7 Å². The van der Waals surface area contributed by atoms with Gasteiger partial charge >= 0.3 is 0 Å². The Bertz CT molecular complexity index is 878. The number of carbonyl (C=O) groups is 1. The lowest BCUT2D eigenvalue weighted by molar-refractivity contribution is -0.118. The molecule has 0 radical (unpaired) electrons. The number of hydrazone groups is 1. The number of halogens is 2. The lowest BCUT2D eigenvalue weighted by Gasteiger charge is -2.00. The highest BCUT2D eigenvalue weighted by molar-refractivity contribution is 7.99. The maximum Gasteiger partial charge on any atom is 0.257 e. The predicted octanol–water partition coefficient (Wildman–Crippen LogP) is 4.38. The van der Waals surface area contributed by atoms with Crippen molar-refractivity contribution < 1.29 is 9.21 Å². The van der Waals surface area contributed by atoms with Crippen molar-refractivity contribution in [3.63, 3.8) is 0 Å². The van der Waals surface area contributed by atoms with Gasteiger partial charge in [0, 0.05) is 5.56 Å². The van der Waals surface area contributed by atoms with E-state index < -0.39 is 0 Å². The number of aromatic nitrogens is 1. The van der Waals surface area contributed by atoms with Crippen LogP contribution in [0.15, 0.2) is 57.2 Å². The fourth-order valence-corrected chi connectivity index (χ4v) is 2.85. The van der Waals surface area contributed by atoms with E-state index in [4.69, 9.17) is 27.6 Å². The Hall–Kier alpha value is -2.02. The first kappa shape index (κ1) is 16.8. The van der Waals surface area contributed by atoms with Gasteiger partial charge in [-0.15, -0.1) is 0 Å². The molecule has 0 atom stereocenters. The van der Waals surface area contributed by atoms with E-state index in [9.17, 15) is 4.79 Å². The summed E-state index contributed by atoms with van der Waals surface area (Å²) < 4.78 is 5.52. The molecule has 0 spiro atoms. The summed E-state index contributed by atoms with van der Waals surface area (Å²) >= 11 is 13.1. The Balaban J connectivity index is 1.54. The van der Waals surface area contributed by atoms with Gasteiger partial charge in [-0.3, -0.25) is 4.79 Å². The van der Waals surface area contributed by atoms with Gasteiger partial charge in [0.1, 0.15) is 5.52 Å². The second-order valence-electron chi connectivity index (χ2n) is 4.67. The number of rotatable bonds is 5. The quantitative estimate of drug-likeness (QED) is 0.405. The molecular formula is C16H11Cl2N3O2S. The Kier molecular flexibility index (Phi) is 5.40. The Morgan fingerprint density at radius 3 is 2.92 bits per heavy atom. The lowest BCUT2D eigenvalue weighted by Crippen LogP contribution is -2.19. The highest BCUT2D eigenvalue weighted by Crippen LogP contribution is 2.24. The number of para-hydroxylation sites is 2. The highest BCUT2D eigenvalue weighted by Gasteiger charge is 2.08. The molecule has 0 saturated heterocycles. The minimum atomic E-state index is -0.281. The van der Waals surface area contributed by atoms with Crippen LogP contribution in [0.1, 0.15) is 5.56 Å². The van der Waals surface area contributed by atoms with Crippen molar-refractivity contribution in [2.45, 2.75) is 5.22 Å². The number of fused-ring (bicyclic) bond motifs is 1. The third kappa shape index (κ3) is 4.08. The van der Waals surface area contributed by atoms with Crippen LogP contribution >= 0.6 is 35.0 Å². The van der Waals surface area contributed by atoms with Gasteiger partial charge < -0.3 is 4.42 Å². The monoisotopic (exact) mass is 379 g/mol. The molecule has 1 aromatic heterocycles. The van der Waals surface area contributed by atoms with Gasteiger partial charge in [-0.1, -0.05) is 59.2 Å². The summed E-state index contributed by atoms with van der Waals surface area (Å²) in [5.74, 6) is -0.148. The molecule has 1 N–H and O–H groups in total. The summed E-state index contributed by atoms with van der Waals surface area (Å²) in [6.45, 7) is 0. The number of amides is 1. The molecule has 0 fully saturated rings. The minimum absolute atomic E-state index is 0.132. The van der Waals surface area contributed by atoms with Crippen LogP contribution in [0.3, 0.4) is 0 Å². The average Bonchev–Trinajstić information content (AvgIpc) is 3.00. The van der Waals surface area contributed by atoms with Crippen LogP contribution < -0.4 is 5.43 Å². The molecule has 0 aliphatic heterocycles. The highest BCUT2D eigenvalue weighted by atomic mass is 35.5. The number of oxazole rings is 1. The second kappa shape index (κ2) is 7.70. The van der Waals surface area contributed by atoms with Gasteiger partial charge in [0.25, 0.3) is 11.1 Å². The van der Waals surface area contributed by atoms with Gasteiger partial charge in [-0.25, -0.2) is 10.4 Å². The third-order valence-corrected chi connectivity index (χ3v) is 4.64. The normalized spacial score (nSPS) is 11.2. The number of thioether (sulfide) groups is 1. The van der Waals surface area contributed by atoms with Gasteiger partial charge in [0.05, 0.1) is 22.0 Å². The van der Waals surface area contributed by atoms with E-state index in [1.807, 2.05) is 24.3 Å². The van der Waals surface area contributed by atoms with E-state index in [1.54, 1.807) is 18.2 Å². The van der Waals surface area contributed by atoms with Gasteiger partial charge in [0.15, 0.2) is 5.58 Å². The van der Waals surface area contributed by atoms with Crippen molar-refractivity contribution in [1.82, 2.24) is 10.4 Å². The zero-order valence-electron chi connectivity index (χ0n) is 12.2. The van der Waals surface area contributed by atoms with Gasteiger partial charge in [-0.2, -0.15) is 5.10 Å². The molecule has 1 heterocycles. The molecule has 2 aromatic carbocycles. The SMILES string of the molecule is O=C(CSc1nc2ccccc2o1)NN=Cc1cccc(Cl)c1Cl. The maximum absolute atomic E-state index is 11.8. The molecular weight excluding hydrogens is 369 g/mol. The first-order valence-electron chi connectivity index (χ1n) is 6.88. The molecule has 1 amide bonds. The van der Waals surface area contributed by atoms with Crippen molar-refractivity contribution in [1.29, 1.82) is 0 Å². The topological polar surface area (TPSA) is 67.5 Å². The summed E-state index contributed by atoms with van der Waals surface area (Å²) in [6.07, 6.45) is 1.44. The third-order valence-electron chi connectivity index (χ3n) is 2.98. The van der Waals surface area contributed by atoms with Crippen LogP contribution in [0.5, 0.6) is 0 Å². The Labute approximate surface area is 152 Å². The second-order valence-corrected chi connectivity index (χ2v) is 6.38. The van der Waals surface area contributed by atoms with E-state index in [0.29, 0.717) is 26.4 Å². The standard InChI is InChI=1S/C16H11Cl2N3O2S/c17-11-5-3-4-10(15(11)18)8-19-21-14(22)9-24-16-20-12-6-1-2-7-13(12)23-16/h1-8H,9H2,(H,21,22). The smallest absolute Gasteiger partial charge is 0.257 e. The van der Waals surface area contributed by atoms with Crippen LogP contribution in [-0.2, 0) is 4.79 Å². The van der Waals surface area contributed by atoms with Crippen molar-refractivity contribution in [2.75, 3.05) is 5.75 Å². The minimum Gasteiger partial charge on any atom is -0.431 e. The number of hydrogen-bond donors (Lipinski definition) is 1. The molecule has 3 rings (SSSR count). The van der Waals surface area contributed by atoms with Crippen molar-refractivity contribution in [3.8, 4) is 0 Å². The molecule has 122 valence electrons. The summed E-state index contributed by atoms with van der Waals surface area (Å²) in [5, 5.41) is 5.12. The maximum atomic E-state index is 11.8. The first-order valence-corrected chi connectivity index (χ1v) is 8.62. The molecule has 0 aliphatic rings. The summed E-state index contributed by atoms with van der Waals surface area (Å²) in [6, 6.07) is 12.6. The number of nitrogens with one attached hydrogen (secondary N) is 1. The van der Waals surface area contributed by atoms with Gasteiger partial charge in [0.2, 0.25) is 0 Å². The first-order chi connectivity index (χ1) is 11.6. The van der Waals surface area contributed by atoms with Crippen molar-refractivity contribution in [3.05, 3.63) is 58.1 Å². The average molecular weight is 380 g/mol. The van der Waals surface area contributed by atoms with Gasteiger partial charge in [-0.05, 0) is 18.2 Å². The van der Waals surface area contributed by atoms with Crippen LogP contribution in [0.4, 0.5) is 0 Å². The molecule has 24 heavy (non-hydrogen) atoms. The predicted molar refractivity (Wildman–Crippen MR) is 96.9 cm³/mol. The number of hydrogen-bond acceptors (Lipinski definition) is 5. The van der Waals surface area contributed by atoms with Crippen LogP contribution in [0.2, 0.25) is 10.0 Å². The Morgan fingerprint density at radius 1 is 1.25 bits per heavy atom. The summed E-state index contributed by atoms with van der Waals surface area (Å²) in [4.78, 5) is 16.1. The van der Waals surface area contributed by atoms with E-state index in [1.165, 1.54) is 18.0 Å². The molecule has 0 aliphatic carbocycles. The van der Waals surface area contributed by atoms with E-state index in [2.05, 4.69) is 15.5 Å². The fourth-order valence-electron chi connectivity index (χ4n) is 1.87. The van der Waals surface area contributed by atoms with Crippen LogP contribution in [0.25, 0.3) is 11.1 Å². The molecule has 5 nitrogen and oxygen atoms in total. The van der Waals surface area contributed by atoms with Crippen molar-refractivity contribution >= 4 is 58.2 Å². The van der Waals surface area contributed by atoms with Crippen LogP contribution in [-0.4, -0.2) is 22.9 Å².